The lowest BCUT2D eigenvalue weighted by molar-refractivity contribution is 0.199. The first-order chi connectivity index (χ1) is 10.2. The number of nitrogens with two attached hydrogens (primary N) is 1. The first kappa shape index (κ1) is 17.9. The summed E-state index contributed by atoms with van der Waals surface area (Å²) in [6.07, 6.45) is 3.33. The molecule has 0 aliphatic heterocycles. The Labute approximate surface area is 133 Å². The molecule has 0 saturated carbocycles. The molecule has 0 fully saturated rings. The van der Waals surface area contributed by atoms with Gasteiger partial charge in [0, 0.05) is 23.9 Å². The van der Waals surface area contributed by atoms with E-state index in [1.54, 1.807) is 0 Å². The van der Waals surface area contributed by atoms with Gasteiger partial charge < -0.3 is 10.5 Å². The van der Waals surface area contributed by atoms with Gasteiger partial charge in [0.05, 0.1) is 6.54 Å². The predicted molar refractivity (Wildman–Crippen MR) is 93.0 cm³/mol. The van der Waals surface area contributed by atoms with Gasteiger partial charge in [0.25, 0.3) is 0 Å². The van der Waals surface area contributed by atoms with Crippen LogP contribution in [-0.2, 0) is 0 Å². The van der Waals surface area contributed by atoms with Crippen LogP contribution in [0.3, 0.4) is 0 Å². The van der Waals surface area contributed by atoms with Gasteiger partial charge in [-0.1, -0.05) is 18.8 Å². The van der Waals surface area contributed by atoms with Gasteiger partial charge in [-0.25, -0.2) is 0 Å². The van der Waals surface area contributed by atoms with Gasteiger partial charge in [0.2, 0.25) is 0 Å². The minimum Gasteiger partial charge on any atom is -0.492 e. The highest BCUT2D eigenvalue weighted by molar-refractivity contribution is 7.98. The van der Waals surface area contributed by atoms with Crippen molar-refractivity contribution in [2.75, 3.05) is 38.8 Å². The van der Waals surface area contributed by atoms with Gasteiger partial charge in [-0.3, -0.25) is 4.90 Å². The molecule has 0 aliphatic carbocycles. The van der Waals surface area contributed by atoms with Crippen LogP contribution < -0.4 is 10.5 Å². The Morgan fingerprint density at radius 1 is 1.33 bits per heavy atom. The summed E-state index contributed by atoms with van der Waals surface area (Å²) in [5, 5.41) is 0. The number of benzene rings is 1. The normalized spacial score (nSPS) is 11.9. The van der Waals surface area contributed by atoms with E-state index in [9.17, 15) is 0 Å². The van der Waals surface area contributed by atoms with Gasteiger partial charge in [-0.2, -0.15) is 11.8 Å². The van der Waals surface area contributed by atoms with Gasteiger partial charge >= 0.3 is 0 Å². The summed E-state index contributed by atoms with van der Waals surface area (Å²) in [6.45, 7) is 4.27. The highest BCUT2D eigenvalue weighted by Gasteiger charge is 2.11. The fourth-order valence-electron chi connectivity index (χ4n) is 2.03. The zero-order valence-corrected chi connectivity index (χ0v) is 14.1. The second-order valence-corrected chi connectivity index (χ2v) is 5.79. The Balaban J connectivity index is 2.38. The van der Waals surface area contributed by atoms with E-state index in [-0.39, 0.29) is 0 Å². The first-order valence-electron chi connectivity index (χ1n) is 7.32. The zero-order chi connectivity index (χ0) is 15.5. The molecule has 21 heavy (non-hydrogen) atoms. The lowest BCUT2D eigenvalue weighted by Gasteiger charge is -2.26. The van der Waals surface area contributed by atoms with Crippen LogP contribution >= 0.6 is 11.8 Å². The van der Waals surface area contributed by atoms with Crippen LogP contribution in [-0.4, -0.2) is 49.7 Å². The van der Waals surface area contributed by atoms with Crippen molar-refractivity contribution in [1.29, 1.82) is 0 Å². The van der Waals surface area contributed by atoms with Crippen molar-refractivity contribution in [1.82, 2.24) is 4.90 Å². The van der Waals surface area contributed by atoms with Crippen molar-refractivity contribution < 1.29 is 4.74 Å². The summed E-state index contributed by atoms with van der Waals surface area (Å²) in [7, 11) is 2.17. The number of hydrogen-bond donors (Lipinski definition) is 1. The largest absolute Gasteiger partial charge is 0.492 e. The summed E-state index contributed by atoms with van der Waals surface area (Å²) < 4.78 is 5.79. The van der Waals surface area contributed by atoms with E-state index in [1.807, 2.05) is 36.0 Å². The predicted octanol–water partition coefficient (Wildman–Crippen LogP) is 2.45. The third kappa shape index (κ3) is 6.90. The molecule has 4 heteroatoms. The number of rotatable bonds is 8. The molecule has 1 atom stereocenters. The standard InChI is InChI=1S/C17H26N2OS/c1-4-16(14-21-3)19(2)12-13-20-17-9-7-15(8-10-17)6-5-11-18/h7-10,16H,4,11-14,18H2,1-3H3. The van der Waals surface area contributed by atoms with E-state index in [2.05, 4.69) is 37.0 Å². The van der Waals surface area contributed by atoms with Gasteiger partial charge in [-0.05, 0) is 44.0 Å². The van der Waals surface area contributed by atoms with Gasteiger partial charge in [-0.15, -0.1) is 0 Å². The maximum Gasteiger partial charge on any atom is 0.119 e. The van der Waals surface area contributed by atoms with Crippen molar-refractivity contribution in [3.8, 4) is 17.6 Å². The lowest BCUT2D eigenvalue weighted by Crippen LogP contribution is -2.36. The Morgan fingerprint density at radius 3 is 2.62 bits per heavy atom. The topological polar surface area (TPSA) is 38.5 Å². The molecule has 0 aromatic heterocycles. The monoisotopic (exact) mass is 306 g/mol. The van der Waals surface area contributed by atoms with E-state index in [0.29, 0.717) is 19.2 Å². The summed E-state index contributed by atoms with van der Waals surface area (Å²) in [5.41, 5.74) is 6.32. The Kier molecular flexibility index (Phi) is 9.00. The highest BCUT2D eigenvalue weighted by Crippen LogP contribution is 2.12. The smallest absolute Gasteiger partial charge is 0.119 e. The van der Waals surface area contributed by atoms with Crippen molar-refractivity contribution >= 4 is 11.8 Å². The lowest BCUT2D eigenvalue weighted by atomic mass is 10.2. The molecule has 0 bridgehead atoms. The fourth-order valence-corrected chi connectivity index (χ4v) is 2.90. The van der Waals surface area contributed by atoms with E-state index in [4.69, 9.17) is 10.5 Å². The molecule has 0 radical (unpaired) electrons. The number of hydrogen-bond acceptors (Lipinski definition) is 4. The molecule has 1 aromatic carbocycles. The summed E-state index contributed by atoms with van der Waals surface area (Å²) >= 11 is 1.90. The molecule has 3 nitrogen and oxygen atoms in total. The van der Waals surface area contributed by atoms with Gasteiger partial charge in [0.1, 0.15) is 12.4 Å². The molecular weight excluding hydrogens is 280 g/mol. The molecule has 0 heterocycles. The number of ether oxygens (including phenoxy) is 1. The van der Waals surface area contributed by atoms with E-state index < -0.39 is 0 Å². The maximum absolute atomic E-state index is 5.79. The van der Waals surface area contributed by atoms with Crippen molar-refractivity contribution in [2.45, 2.75) is 19.4 Å². The second kappa shape index (κ2) is 10.6. The summed E-state index contributed by atoms with van der Waals surface area (Å²) in [5.74, 6) is 7.90. The first-order valence-corrected chi connectivity index (χ1v) is 8.71. The van der Waals surface area contributed by atoms with Crippen LogP contribution in [0.15, 0.2) is 24.3 Å². The van der Waals surface area contributed by atoms with Gasteiger partial charge in [0.15, 0.2) is 0 Å². The van der Waals surface area contributed by atoms with E-state index >= 15 is 0 Å². The Bertz CT molecular complexity index is 450. The molecule has 0 aliphatic rings. The number of thioether (sulfide) groups is 1. The Hall–Kier alpha value is -1.15. The fraction of sp³-hybridized carbons (Fsp3) is 0.529. The molecule has 116 valence electrons. The zero-order valence-electron chi connectivity index (χ0n) is 13.3. The molecule has 1 rings (SSSR count). The maximum atomic E-state index is 5.79. The van der Waals surface area contributed by atoms with Crippen LogP contribution in [0.25, 0.3) is 0 Å². The third-order valence-corrected chi connectivity index (χ3v) is 4.07. The van der Waals surface area contributed by atoms with Crippen molar-refractivity contribution in [2.24, 2.45) is 5.73 Å². The molecule has 2 N–H and O–H groups in total. The minimum atomic E-state index is 0.388. The summed E-state index contributed by atoms with van der Waals surface area (Å²) in [6, 6.07) is 8.46. The molecule has 1 aromatic rings. The molecule has 0 amide bonds. The number of nitrogens with zero attached hydrogens (tertiary/aromatic N) is 1. The average Bonchev–Trinajstić information content (AvgIpc) is 2.51. The molecular formula is C17H26N2OS. The number of likely N-dealkylation sites (N-methyl/N-ethyl adjacent to an activating group) is 1. The molecule has 0 saturated heterocycles. The van der Waals surface area contributed by atoms with Crippen LogP contribution in [0, 0.1) is 11.8 Å². The van der Waals surface area contributed by atoms with Crippen LogP contribution in [0.4, 0.5) is 0 Å². The van der Waals surface area contributed by atoms with E-state index in [1.165, 1.54) is 12.2 Å². The van der Waals surface area contributed by atoms with Crippen molar-refractivity contribution in [3.63, 3.8) is 0 Å². The Morgan fingerprint density at radius 2 is 2.05 bits per heavy atom. The average molecular weight is 306 g/mol. The van der Waals surface area contributed by atoms with Crippen LogP contribution in [0.1, 0.15) is 18.9 Å². The minimum absolute atomic E-state index is 0.388. The van der Waals surface area contributed by atoms with Crippen LogP contribution in [0.2, 0.25) is 0 Å². The SMILES string of the molecule is CCC(CSC)N(C)CCOc1ccc(C#CCN)cc1. The molecule has 1 unspecified atom stereocenters. The molecule has 0 spiro atoms. The van der Waals surface area contributed by atoms with E-state index in [0.717, 1.165) is 17.9 Å². The highest BCUT2D eigenvalue weighted by atomic mass is 32.2. The second-order valence-electron chi connectivity index (χ2n) is 4.88. The summed E-state index contributed by atoms with van der Waals surface area (Å²) in [4.78, 5) is 2.37. The quantitative estimate of drug-likeness (QED) is 0.749. The third-order valence-electron chi connectivity index (χ3n) is 3.36. The van der Waals surface area contributed by atoms with Crippen LogP contribution in [0.5, 0.6) is 5.75 Å². The van der Waals surface area contributed by atoms with Crippen molar-refractivity contribution in [3.05, 3.63) is 29.8 Å².